The molecule has 0 saturated heterocycles. The first-order chi connectivity index (χ1) is 5.93. The molecule has 0 bridgehead atoms. The topological polar surface area (TPSA) is 3.24 Å². The molecule has 1 nitrogen and oxygen atoms in total. The average molecular weight is 289 g/mol. The van der Waals surface area contributed by atoms with E-state index >= 15 is 0 Å². The summed E-state index contributed by atoms with van der Waals surface area (Å²) in [6, 6.07) is 8.46. The van der Waals surface area contributed by atoms with E-state index in [1.807, 2.05) is 0 Å². The highest BCUT2D eigenvalue weighted by Crippen LogP contribution is 2.30. The van der Waals surface area contributed by atoms with E-state index in [1.54, 1.807) is 0 Å². The average Bonchev–Trinajstić information content (AvgIpc) is 2.02. The molecule has 0 fully saturated rings. The fourth-order valence-electron chi connectivity index (χ4n) is 1.15. The lowest BCUT2D eigenvalue weighted by molar-refractivity contribution is 0.601. The normalized spacial score (nSPS) is 11.5. The van der Waals surface area contributed by atoms with E-state index in [1.165, 1.54) is 11.3 Å². The fourth-order valence-corrected chi connectivity index (χ4v) is 1.69. The minimum atomic E-state index is 0.173. The Morgan fingerprint density at radius 1 is 1.15 bits per heavy atom. The molecule has 72 valence electrons. The van der Waals surface area contributed by atoms with Crippen LogP contribution in [0.2, 0.25) is 0 Å². The van der Waals surface area contributed by atoms with Crippen LogP contribution in [0.4, 0.5) is 5.69 Å². The number of nitrogens with zero attached hydrogens (tertiary/aromatic N) is 1. The standard InChI is InChI=1S/C11H16IN/c1-9-7-5-6-8-10(9)13(12)11(2,3)4/h5-8H,1-4H3. The van der Waals surface area contributed by atoms with Gasteiger partial charge in [0.15, 0.2) is 0 Å². The molecule has 1 rings (SSSR count). The quantitative estimate of drug-likeness (QED) is 0.559. The maximum Gasteiger partial charge on any atom is 0.0596 e. The lowest BCUT2D eigenvalue weighted by Crippen LogP contribution is -2.33. The molecule has 1 aromatic rings. The molecule has 0 radical (unpaired) electrons. The van der Waals surface area contributed by atoms with Crippen LogP contribution in [0.1, 0.15) is 26.3 Å². The molecule has 0 atom stereocenters. The van der Waals surface area contributed by atoms with Crippen LogP contribution in [0.25, 0.3) is 0 Å². The van der Waals surface area contributed by atoms with Gasteiger partial charge in [-0.1, -0.05) is 18.2 Å². The fraction of sp³-hybridized carbons (Fsp3) is 0.455. The van der Waals surface area contributed by atoms with Gasteiger partial charge < -0.3 is 3.11 Å². The summed E-state index contributed by atoms with van der Waals surface area (Å²) in [6.45, 7) is 8.79. The number of halogens is 1. The zero-order valence-electron chi connectivity index (χ0n) is 8.63. The predicted octanol–water partition coefficient (Wildman–Crippen LogP) is 3.95. The Kier molecular flexibility index (Phi) is 3.22. The van der Waals surface area contributed by atoms with Gasteiger partial charge in [-0.15, -0.1) is 0 Å². The highest BCUT2D eigenvalue weighted by atomic mass is 127. The van der Waals surface area contributed by atoms with Gasteiger partial charge in [-0.25, -0.2) is 0 Å². The van der Waals surface area contributed by atoms with Gasteiger partial charge in [0.05, 0.1) is 22.9 Å². The van der Waals surface area contributed by atoms with E-state index in [9.17, 15) is 0 Å². The van der Waals surface area contributed by atoms with Crippen LogP contribution < -0.4 is 3.11 Å². The summed E-state index contributed by atoms with van der Waals surface area (Å²) in [7, 11) is 0. The number of para-hydroxylation sites is 1. The molecule has 0 aliphatic heterocycles. The van der Waals surface area contributed by atoms with Gasteiger partial charge in [-0.3, -0.25) is 0 Å². The lowest BCUT2D eigenvalue weighted by atomic mass is 10.1. The van der Waals surface area contributed by atoms with Gasteiger partial charge in [-0.2, -0.15) is 0 Å². The first-order valence-electron chi connectivity index (χ1n) is 4.44. The van der Waals surface area contributed by atoms with E-state index in [4.69, 9.17) is 0 Å². The molecular weight excluding hydrogens is 273 g/mol. The highest BCUT2D eigenvalue weighted by Gasteiger charge is 2.19. The second-order valence-corrected chi connectivity index (χ2v) is 5.20. The second-order valence-electron chi connectivity index (χ2n) is 4.24. The Morgan fingerprint density at radius 2 is 1.69 bits per heavy atom. The summed E-state index contributed by atoms with van der Waals surface area (Å²) in [5.41, 5.74) is 2.80. The van der Waals surface area contributed by atoms with Crippen molar-refractivity contribution in [3.05, 3.63) is 29.8 Å². The van der Waals surface area contributed by atoms with Gasteiger partial charge in [0, 0.05) is 11.2 Å². The van der Waals surface area contributed by atoms with Gasteiger partial charge in [0.2, 0.25) is 0 Å². The zero-order chi connectivity index (χ0) is 10.1. The van der Waals surface area contributed by atoms with Gasteiger partial charge >= 0.3 is 0 Å². The number of anilines is 1. The lowest BCUT2D eigenvalue weighted by Gasteiger charge is -2.32. The van der Waals surface area contributed by atoms with Crippen LogP contribution in [0.5, 0.6) is 0 Å². The maximum atomic E-state index is 2.37. The zero-order valence-corrected chi connectivity index (χ0v) is 10.8. The van der Waals surface area contributed by atoms with E-state index in [2.05, 4.69) is 77.9 Å². The summed E-state index contributed by atoms with van der Waals surface area (Å²) >= 11 is 2.37. The number of hydrogen-bond donors (Lipinski definition) is 0. The van der Waals surface area contributed by atoms with Crippen LogP contribution in [-0.2, 0) is 0 Å². The third kappa shape index (κ3) is 2.59. The number of rotatable bonds is 1. The molecular formula is C11H16IN. The van der Waals surface area contributed by atoms with Crippen LogP contribution in [0, 0.1) is 6.92 Å². The predicted molar refractivity (Wildman–Crippen MR) is 67.4 cm³/mol. The molecule has 0 aromatic heterocycles. The van der Waals surface area contributed by atoms with Crippen molar-refractivity contribution in [1.29, 1.82) is 0 Å². The van der Waals surface area contributed by atoms with E-state index < -0.39 is 0 Å². The summed E-state index contributed by atoms with van der Waals surface area (Å²) in [6.07, 6.45) is 0. The molecule has 0 N–H and O–H groups in total. The van der Waals surface area contributed by atoms with Crippen molar-refractivity contribution in [2.75, 3.05) is 3.11 Å². The first-order valence-corrected chi connectivity index (χ1v) is 5.41. The monoisotopic (exact) mass is 289 g/mol. The van der Waals surface area contributed by atoms with Crippen molar-refractivity contribution in [3.8, 4) is 0 Å². The van der Waals surface area contributed by atoms with Crippen molar-refractivity contribution in [1.82, 2.24) is 0 Å². The summed E-state index contributed by atoms with van der Waals surface area (Å²) in [5.74, 6) is 0. The molecule has 2 heteroatoms. The molecule has 0 heterocycles. The Labute approximate surface area is 94.6 Å². The van der Waals surface area contributed by atoms with Crippen LogP contribution in [0.3, 0.4) is 0 Å². The molecule has 0 aliphatic rings. The minimum absolute atomic E-state index is 0.173. The highest BCUT2D eigenvalue weighted by molar-refractivity contribution is 14.1. The third-order valence-electron chi connectivity index (χ3n) is 1.92. The van der Waals surface area contributed by atoms with Crippen molar-refractivity contribution >= 4 is 28.6 Å². The summed E-state index contributed by atoms with van der Waals surface area (Å²) < 4.78 is 2.28. The van der Waals surface area contributed by atoms with E-state index in [0.29, 0.717) is 0 Å². The second kappa shape index (κ2) is 3.86. The summed E-state index contributed by atoms with van der Waals surface area (Å²) in [4.78, 5) is 0. The molecule has 1 aromatic carbocycles. The van der Waals surface area contributed by atoms with Gasteiger partial charge in [0.25, 0.3) is 0 Å². The molecule has 0 unspecified atom stereocenters. The maximum absolute atomic E-state index is 2.37. The van der Waals surface area contributed by atoms with Crippen molar-refractivity contribution in [2.45, 2.75) is 33.2 Å². The Balaban J connectivity index is 3.02. The van der Waals surface area contributed by atoms with Crippen LogP contribution in [0.15, 0.2) is 24.3 Å². The molecule has 0 saturated carbocycles. The molecule has 0 aliphatic carbocycles. The Hall–Kier alpha value is -0.250. The van der Waals surface area contributed by atoms with Crippen LogP contribution >= 0.6 is 22.9 Å². The number of aryl methyl sites for hydroxylation is 1. The van der Waals surface area contributed by atoms with Crippen LogP contribution in [-0.4, -0.2) is 5.54 Å². The Bertz CT molecular complexity index is 288. The minimum Gasteiger partial charge on any atom is -0.309 e. The van der Waals surface area contributed by atoms with Gasteiger partial charge in [0.1, 0.15) is 0 Å². The van der Waals surface area contributed by atoms with Crippen molar-refractivity contribution in [2.24, 2.45) is 0 Å². The number of benzene rings is 1. The van der Waals surface area contributed by atoms with E-state index in [0.717, 1.165) is 0 Å². The SMILES string of the molecule is Cc1ccccc1N(I)C(C)(C)C. The summed E-state index contributed by atoms with van der Waals surface area (Å²) in [5, 5.41) is 0. The largest absolute Gasteiger partial charge is 0.309 e. The molecule has 13 heavy (non-hydrogen) atoms. The molecule has 0 amide bonds. The smallest absolute Gasteiger partial charge is 0.0596 e. The van der Waals surface area contributed by atoms with Gasteiger partial charge in [-0.05, 0) is 39.3 Å². The van der Waals surface area contributed by atoms with E-state index in [-0.39, 0.29) is 5.54 Å². The first kappa shape index (κ1) is 10.8. The van der Waals surface area contributed by atoms with Crippen molar-refractivity contribution in [3.63, 3.8) is 0 Å². The van der Waals surface area contributed by atoms with Crippen molar-refractivity contribution < 1.29 is 0 Å². The Morgan fingerprint density at radius 3 is 2.15 bits per heavy atom. The number of hydrogen-bond acceptors (Lipinski definition) is 1. The molecule has 0 spiro atoms. The third-order valence-corrected chi connectivity index (χ3v) is 3.88.